The summed E-state index contributed by atoms with van der Waals surface area (Å²) in [4.78, 5) is 29.4. The third-order valence-electron chi connectivity index (χ3n) is 3.67. The van der Waals surface area contributed by atoms with E-state index >= 15 is 0 Å². The van der Waals surface area contributed by atoms with E-state index in [-0.39, 0.29) is 12.5 Å². The maximum atomic E-state index is 12.4. The minimum atomic E-state index is -0.782. The maximum absolute atomic E-state index is 12.4. The van der Waals surface area contributed by atoms with Crippen LogP contribution in [0.2, 0.25) is 0 Å². The average Bonchev–Trinajstić information content (AvgIpc) is 2.66. The van der Waals surface area contributed by atoms with E-state index in [0.29, 0.717) is 6.42 Å². The van der Waals surface area contributed by atoms with Gasteiger partial charge in [-0.2, -0.15) is 0 Å². The SMILES string of the molecule is CON(C)C(=O)[C@H](Cc1ccccc1)NC(=O)OCc1ccccc1. The van der Waals surface area contributed by atoms with Gasteiger partial charge in [0.05, 0.1) is 7.11 Å². The molecule has 0 aliphatic rings. The lowest BCUT2D eigenvalue weighted by atomic mass is 10.1. The largest absolute Gasteiger partial charge is 0.445 e. The number of nitrogens with zero attached hydrogens (tertiary/aromatic N) is 1. The molecule has 1 atom stereocenters. The molecule has 2 aromatic carbocycles. The van der Waals surface area contributed by atoms with Crippen molar-refractivity contribution in [3.05, 3.63) is 71.8 Å². The van der Waals surface area contributed by atoms with Crippen molar-refractivity contribution in [2.75, 3.05) is 14.2 Å². The maximum Gasteiger partial charge on any atom is 0.408 e. The third-order valence-corrected chi connectivity index (χ3v) is 3.67. The van der Waals surface area contributed by atoms with Crippen LogP contribution in [0.3, 0.4) is 0 Å². The molecular weight excluding hydrogens is 320 g/mol. The molecule has 2 rings (SSSR count). The smallest absolute Gasteiger partial charge is 0.408 e. The molecule has 0 aliphatic heterocycles. The molecule has 6 heteroatoms. The van der Waals surface area contributed by atoms with Gasteiger partial charge in [-0.05, 0) is 11.1 Å². The molecule has 0 unspecified atom stereocenters. The lowest BCUT2D eigenvalue weighted by Gasteiger charge is -2.22. The van der Waals surface area contributed by atoms with Crippen molar-refractivity contribution in [1.29, 1.82) is 0 Å². The number of rotatable bonds is 7. The van der Waals surface area contributed by atoms with Gasteiger partial charge in [0, 0.05) is 13.5 Å². The zero-order valence-electron chi connectivity index (χ0n) is 14.3. The molecule has 25 heavy (non-hydrogen) atoms. The second-order valence-electron chi connectivity index (χ2n) is 5.47. The van der Waals surface area contributed by atoms with E-state index < -0.39 is 12.1 Å². The topological polar surface area (TPSA) is 67.9 Å². The molecule has 6 nitrogen and oxygen atoms in total. The highest BCUT2D eigenvalue weighted by molar-refractivity contribution is 5.85. The normalized spacial score (nSPS) is 11.4. The molecule has 2 aromatic rings. The summed E-state index contributed by atoms with van der Waals surface area (Å²) in [5, 5.41) is 3.71. The van der Waals surface area contributed by atoms with E-state index in [1.807, 2.05) is 60.7 Å². The number of alkyl carbamates (subject to hydrolysis) is 1. The molecule has 1 N–H and O–H groups in total. The number of ether oxygens (including phenoxy) is 1. The van der Waals surface area contributed by atoms with Gasteiger partial charge in [-0.3, -0.25) is 9.63 Å². The number of nitrogens with one attached hydrogen (secondary N) is 1. The van der Waals surface area contributed by atoms with Gasteiger partial charge < -0.3 is 10.1 Å². The van der Waals surface area contributed by atoms with Gasteiger partial charge in [-0.1, -0.05) is 60.7 Å². The van der Waals surface area contributed by atoms with Gasteiger partial charge in [0.25, 0.3) is 5.91 Å². The van der Waals surface area contributed by atoms with Crippen LogP contribution in [0.1, 0.15) is 11.1 Å². The van der Waals surface area contributed by atoms with Crippen molar-refractivity contribution in [1.82, 2.24) is 10.4 Å². The summed E-state index contributed by atoms with van der Waals surface area (Å²) in [6, 6.07) is 18.0. The number of hydroxylamine groups is 2. The molecule has 0 aliphatic carbocycles. The van der Waals surface area contributed by atoms with Gasteiger partial charge in [0.2, 0.25) is 0 Å². The summed E-state index contributed by atoms with van der Waals surface area (Å²) in [6.45, 7) is 0.138. The summed E-state index contributed by atoms with van der Waals surface area (Å²) < 4.78 is 5.20. The molecule has 0 saturated carbocycles. The van der Waals surface area contributed by atoms with Crippen LogP contribution in [0.25, 0.3) is 0 Å². The number of benzene rings is 2. The Morgan fingerprint density at radius 3 is 2.12 bits per heavy atom. The van der Waals surface area contributed by atoms with Crippen molar-refractivity contribution < 1.29 is 19.2 Å². The fourth-order valence-electron chi connectivity index (χ4n) is 2.27. The Bertz CT molecular complexity index is 676. The molecule has 0 saturated heterocycles. The van der Waals surface area contributed by atoms with E-state index in [0.717, 1.165) is 16.2 Å². The minimum Gasteiger partial charge on any atom is -0.445 e. The van der Waals surface area contributed by atoms with Crippen LogP contribution in [0.5, 0.6) is 0 Å². The molecule has 132 valence electrons. The second kappa shape index (κ2) is 9.44. The van der Waals surface area contributed by atoms with Crippen molar-refractivity contribution in [3.8, 4) is 0 Å². The quantitative estimate of drug-likeness (QED) is 0.785. The zero-order chi connectivity index (χ0) is 18.1. The molecule has 0 spiro atoms. The van der Waals surface area contributed by atoms with E-state index in [9.17, 15) is 9.59 Å². The Kier molecular flexibility index (Phi) is 6.98. The van der Waals surface area contributed by atoms with Crippen LogP contribution in [0.15, 0.2) is 60.7 Å². The first-order chi connectivity index (χ1) is 12.1. The van der Waals surface area contributed by atoms with Crippen molar-refractivity contribution in [2.45, 2.75) is 19.1 Å². The van der Waals surface area contributed by atoms with Crippen molar-refractivity contribution in [2.24, 2.45) is 0 Å². The standard InChI is InChI=1S/C19H22N2O4/c1-21(24-2)18(22)17(13-15-9-5-3-6-10-15)20-19(23)25-14-16-11-7-4-8-12-16/h3-12,17H,13-14H2,1-2H3,(H,20,23)/t17-/m0/s1. The molecule has 0 aromatic heterocycles. The van der Waals surface area contributed by atoms with Gasteiger partial charge >= 0.3 is 6.09 Å². The number of carbonyl (C=O) groups excluding carboxylic acids is 2. The van der Waals surface area contributed by atoms with Crippen LogP contribution in [0, 0.1) is 0 Å². The van der Waals surface area contributed by atoms with Crippen LogP contribution in [-0.4, -0.2) is 37.3 Å². The lowest BCUT2D eigenvalue weighted by molar-refractivity contribution is -0.170. The average molecular weight is 342 g/mol. The first kappa shape index (κ1) is 18.5. The van der Waals surface area contributed by atoms with Crippen molar-refractivity contribution >= 4 is 12.0 Å². The van der Waals surface area contributed by atoms with E-state index in [1.165, 1.54) is 14.2 Å². The fraction of sp³-hybridized carbons (Fsp3) is 0.263. The van der Waals surface area contributed by atoms with Crippen LogP contribution < -0.4 is 5.32 Å². The van der Waals surface area contributed by atoms with Gasteiger partial charge in [-0.15, -0.1) is 0 Å². The van der Waals surface area contributed by atoms with Crippen LogP contribution in [0.4, 0.5) is 4.79 Å². The summed E-state index contributed by atoms with van der Waals surface area (Å²) in [6.07, 6.45) is -0.309. The zero-order valence-corrected chi connectivity index (χ0v) is 14.3. The molecule has 0 radical (unpaired) electrons. The lowest BCUT2D eigenvalue weighted by Crippen LogP contribution is -2.48. The number of hydrogen-bond donors (Lipinski definition) is 1. The first-order valence-corrected chi connectivity index (χ1v) is 7.93. The van der Waals surface area contributed by atoms with Crippen LogP contribution >= 0.6 is 0 Å². The van der Waals surface area contributed by atoms with Gasteiger partial charge in [0.1, 0.15) is 12.6 Å². The van der Waals surface area contributed by atoms with E-state index in [2.05, 4.69) is 5.32 Å². The first-order valence-electron chi connectivity index (χ1n) is 7.93. The van der Waals surface area contributed by atoms with E-state index in [4.69, 9.17) is 9.57 Å². The third kappa shape index (κ3) is 5.93. The summed E-state index contributed by atoms with van der Waals surface area (Å²) in [7, 11) is 2.89. The Balaban J connectivity index is 1.99. The fourth-order valence-corrected chi connectivity index (χ4v) is 2.27. The molecular formula is C19H22N2O4. The Labute approximate surface area is 147 Å². The molecule has 0 fully saturated rings. The van der Waals surface area contributed by atoms with Crippen molar-refractivity contribution in [3.63, 3.8) is 0 Å². The summed E-state index contributed by atoms with van der Waals surface area (Å²) in [5.41, 5.74) is 1.80. The Morgan fingerprint density at radius 2 is 1.56 bits per heavy atom. The predicted molar refractivity (Wildman–Crippen MR) is 93.5 cm³/mol. The van der Waals surface area contributed by atoms with Crippen LogP contribution in [-0.2, 0) is 27.4 Å². The molecule has 2 amide bonds. The number of amides is 2. The van der Waals surface area contributed by atoms with Gasteiger partial charge in [0.15, 0.2) is 0 Å². The number of hydrogen-bond acceptors (Lipinski definition) is 4. The Morgan fingerprint density at radius 1 is 1.00 bits per heavy atom. The Hall–Kier alpha value is -2.86. The molecule has 0 heterocycles. The number of carbonyl (C=O) groups is 2. The monoisotopic (exact) mass is 342 g/mol. The highest BCUT2D eigenvalue weighted by Crippen LogP contribution is 2.07. The number of likely N-dealkylation sites (N-methyl/N-ethyl adjacent to an activating group) is 1. The van der Waals surface area contributed by atoms with Gasteiger partial charge in [-0.25, -0.2) is 9.86 Å². The summed E-state index contributed by atoms with van der Waals surface area (Å²) in [5.74, 6) is -0.358. The highest BCUT2D eigenvalue weighted by Gasteiger charge is 2.25. The second-order valence-corrected chi connectivity index (χ2v) is 5.47. The molecule has 0 bridgehead atoms. The summed E-state index contributed by atoms with van der Waals surface area (Å²) >= 11 is 0. The highest BCUT2D eigenvalue weighted by atomic mass is 16.7. The predicted octanol–water partition coefficient (Wildman–Crippen LogP) is 2.54. The minimum absolute atomic E-state index is 0.138. The van der Waals surface area contributed by atoms with E-state index in [1.54, 1.807) is 0 Å².